The second kappa shape index (κ2) is 17.8. The summed E-state index contributed by atoms with van der Waals surface area (Å²) in [6, 6.07) is 19.3. The van der Waals surface area contributed by atoms with Gasteiger partial charge in [0.25, 0.3) is 0 Å². The summed E-state index contributed by atoms with van der Waals surface area (Å²) in [6.07, 6.45) is 11.0. The molecule has 1 aliphatic rings. The third-order valence-electron chi connectivity index (χ3n) is 7.13. The SMILES string of the molecule is C\C=C/C=C(OC)\C(C)=N/C(CC)=C(/C)CC.O=CNCc1ccc(N2CCC(c3ccccc3)CC2)cc1. The molecule has 0 atom stereocenters. The fourth-order valence-electron chi connectivity index (χ4n) is 4.64. The van der Waals surface area contributed by atoms with Crippen molar-refractivity contribution in [2.45, 2.75) is 72.8 Å². The second-order valence-corrected chi connectivity index (χ2v) is 9.73. The van der Waals surface area contributed by atoms with Crippen LogP contribution in [0.4, 0.5) is 5.69 Å². The summed E-state index contributed by atoms with van der Waals surface area (Å²) in [5.74, 6) is 1.51. The van der Waals surface area contributed by atoms with Crippen molar-refractivity contribution in [3.63, 3.8) is 0 Å². The maximum atomic E-state index is 10.3. The van der Waals surface area contributed by atoms with E-state index in [0.717, 1.165) is 55.1 Å². The van der Waals surface area contributed by atoms with Crippen LogP contribution in [0.2, 0.25) is 0 Å². The number of methoxy groups -OCH3 is 1. The van der Waals surface area contributed by atoms with Gasteiger partial charge < -0.3 is 15.0 Å². The average Bonchev–Trinajstić information content (AvgIpc) is 3.00. The van der Waals surface area contributed by atoms with Crippen molar-refractivity contribution in [2.24, 2.45) is 4.99 Å². The minimum atomic E-state index is 0.597. The number of nitrogens with zero attached hydrogens (tertiary/aromatic N) is 2. The summed E-state index contributed by atoms with van der Waals surface area (Å²) in [7, 11) is 1.68. The standard InChI is InChI=1S/C19H22N2O.C15H25NO/c22-15-20-14-16-6-8-19(9-7-16)21-12-10-18(11-13-21)17-4-2-1-3-5-17;1-7-10-11-15(17-6)13(5)16-14(9-3)12(4)8-2/h1-9,15,18H,10-14H2,(H,20,22);7,10-11H,8-9H2,1-6H3/b;10-7-,14-12-,15-11+,16-13-. The number of allylic oxidation sites excluding steroid dienone is 6. The maximum Gasteiger partial charge on any atom is 0.207 e. The van der Waals surface area contributed by atoms with Crippen molar-refractivity contribution >= 4 is 17.8 Å². The number of piperidine rings is 1. The molecule has 0 radical (unpaired) electrons. The zero-order chi connectivity index (χ0) is 28.5. The van der Waals surface area contributed by atoms with Gasteiger partial charge in [-0.3, -0.25) is 9.79 Å². The van der Waals surface area contributed by atoms with Crippen LogP contribution in [-0.4, -0.2) is 32.3 Å². The molecule has 5 heteroatoms. The van der Waals surface area contributed by atoms with E-state index in [-0.39, 0.29) is 0 Å². The van der Waals surface area contributed by atoms with E-state index < -0.39 is 0 Å². The molecular formula is C34H47N3O2. The number of amides is 1. The Morgan fingerprint density at radius 2 is 1.69 bits per heavy atom. The van der Waals surface area contributed by atoms with Crippen LogP contribution in [0.5, 0.6) is 0 Å². The van der Waals surface area contributed by atoms with Gasteiger partial charge in [-0.25, -0.2) is 0 Å². The first kappa shape index (κ1) is 31.6. The average molecular weight is 530 g/mol. The molecule has 3 rings (SSSR count). The molecule has 210 valence electrons. The summed E-state index contributed by atoms with van der Waals surface area (Å²) < 4.78 is 5.33. The third kappa shape index (κ3) is 10.6. The molecule has 39 heavy (non-hydrogen) atoms. The lowest BCUT2D eigenvalue weighted by Gasteiger charge is -2.34. The van der Waals surface area contributed by atoms with Gasteiger partial charge in [0.05, 0.1) is 12.8 Å². The molecule has 1 fully saturated rings. The van der Waals surface area contributed by atoms with E-state index in [4.69, 9.17) is 4.74 Å². The van der Waals surface area contributed by atoms with Gasteiger partial charge in [-0.2, -0.15) is 0 Å². The molecule has 5 nitrogen and oxygen atoms in total. The van der Waals surface area contributed by atoms with E-state index in [1.807, 2.05) is 32.1 Å². The van der Waals surface area contributed by atoms with Crippen molar-refractivity contribution in [1.82, 2.24) is 5.32 Å². The van der Waals surface area contributed by atoms with Crippen LogP contribution in [0.15, 0.2) is 94.8 Å². The van der Waals surface area contributed by atoms with Crippen molar-refractivity contribution < 1.29 is 9.53 Å². The highest BCUT2D eigenvalue weighted by atomic mass is 16.5. The monoisotopic (exact) mass is 529 g/mol. The van der Waals surface area contributed by atoms with Crippen molar-refractivity contribution in [3.8, 4) is 0 Å². The van der Waals surface area contributed by atoms with E-state index >= 15 is 0 Å². The Hall–Kier alpha value is -3.60. The third-order valence-corrected chi connectivity index (χ3v) is 7.13. The Morgan fingerprint density at radius 3 is 2.23 bits per heavy atom. The van der Waals surface area contributed by atoms with E-state index in [1.54, 1.807) is 7.11 Å². The van der Waals surface area contributed by atoms with E-state index in [0.29, 0.717) is 12.5 Å². The van der Waals surface area contributed by atoms with Gasteiger partial charge in [0.1, 0.15) is 5.76 Å². The number of benzene rings is 2. The van der Waals surface area contributed by atoms with Crippen molar-refractivity contribution in [3.05, 3.63) is 101 Å². The Kier molecular flexibility index (Phi) is 14.5. The van der Waals surface area contributed by atoms with Crippen LogP contribution in [0.3, 0.4) is 0 Å². The Labute approximate surface area is 236 Å². The van der Waals surface area contributed by atoms with Crippen LogP contribution in [0, 0.1) is 0 Å². The van der Waals surface area contributed by atoms with Crippen LogP contribution >= 0.6 is 0 Å². The molecule has 1 aliphatic heterocycles. The lowest BCUT2D eigenvalue weighted by Crippen LogP contribution is -2.32. The quantitative estimate of drug-likeness (QED) is 0.139. The molecule has 0 aromatic heterocycles. The summed E-state index contributed by atoms with van der Waals surface area (Å²) in [5.41, 5.74) is 7.31. The molecule has 2 aromatic carbocycles. The van der Waals surface area contributed by atoms with Crippen LogP contribution < -0.4 is 10.2 Å². The normalized spacial score (nSPS) is 15.4. The van der Waals surface area contributed by atoms with E-state index in [2.05, 4.69) is 90.6 Å². The van der Waals surface area contributed by atoms with Crippen molar-refractivity contribution in [1.29, 1.82) is 0 Å². The fourth-order valence-corrected chi connectivity index (χ4v) is 4.64. The summed E-state index contributed by atoms with van der Waals surface area (Å²) in [5, 5.41) is 2.69. The number of carbonyl (C=O) groups excluding carboxylic acids is 1. The van der Waals surface area contributed by atoms with Gasteiger partial charge in [0.2, 0.25) is 6.41 Å². The van der Waals surface area contributed by atoms with Gasteiger partial charge in [-0.1, -0.05) is 74.0 Å². The number of rotatable bonds is 11. The highest BCUT2D eigenvalue weighted by Crippen LogP contribution is 2.30. The molecule has 0 spiro atoms. The predicted octanol–water partition coefficient (Wildman–Crippen LogP) is 7.96. The number of ether oxygens (including phenoxy) is 1. The number of hydrogen-bond donors (Lipinski definition) is 1. The minimum absolute atomic E-state index is 0.597. The van der Waals surface area contributed by atoms with Gasteiger partial charge >= 0.3 is 0 Å². The summed E-state index contributed by atoms with van der Waals surface area (Å²) in [4.78, 5) is 17.4. The molecule has 0 aliphatic carbocycles. The first-order chi connectivity index (χ1) is 19.0. The van der Waals surface area contributed by atoms with Crippen LogP contribution in [0.1, 0.15) is 77.3 Å². The van der Waals surface area contributed by atoms with Crippen molar-refractivity contribution in [2.75, 3.05) is 25.1 Å². The lowest BCUT2D eigenvalue weighted by molar-refractivity contribution is -0.109. The Morgan fingerprint density at radius 1 is 1.03 bits per heavy atom. The highest BCUT2D eigenvalue weighted by Gasteiger charge is 2.20. The lowest BCUT2D eigenvalue weighted by atomic mass is 9.89. The molecule has 1 saturated heterocycles. The van der Waals surface area contributed by atoms with E-state index in [9.17, 15) is 4.79 Å². The van der Waals surface area contributed by atoms with E-state index in [1.165, 1.54) is 29.7 Å². The molecule has 2 aromatic rings. The highest BCUT2D eigenvalue weighted by molar-refractivity contribution is 5.97. The van der Waals surface area contributed by atoms with Gasteiger partial charge in [-0.15, -0.1) is 0 Å². The minimum Gasteiger partial charge on any atom is -0.495 e. The molecule has 1 N–H and O–H groups in total. The molecule has 0 saturated carbocycles. The van der Waals surface area contributed by atoms with Gasteiger partial charge in [0, 0.05) is 31.0 Å². The summed E-state index contributed by atoms with van der Waals surface area (Å²) >= 11 is 0. The van der Waals surface area contributed by atoms with Gasteiger partial charge in [-0.05, 0) is 81.7 Å². The number of carbonyl (C=O) groups is 1. The van der Waals surface area contributed by atoms with Crippen LogP contribution in [0.25, 0.3) is 0 Å². The smallest absolute Gasteiger partial charge is 0.207 e. The van der Waals surface area contributed by atoms with Gasteiger partial charge in [0.15, 0.2) is 0 Å². The first-order valence-electron chi connectivity index (χ1n) is 14.1. The zero-order valence-electron chi connectivity index (χ0n) is 24.7. The zero-order valence-corrected chi connectivity index (χ0v) is 24.7. The Balaban J connectivity index is 0.000000285. The number of anilines is 1. The van der Waals surface area contributed by atoms with Crippen LogP contribution in [-0.2, 0) is 16.1 Å². The first-order valence-corrected chi connectivity index (χ1v) is 14.1. The molecule has 0 unspecified atom stereocenters. The summed E-state index contributed by atoms with van der Waals surface area (Å²) in [6.45, 7) is 13.2. The Bertz CT molecular complexity index is 1110. The number of aliphatic imine (C=N–C) groups is 1. The maximum absolute atomic E-state index is 10.3. The number of nitrogens with one attached hydrogen (secondary N) is 1. The molecule has 1 heterocycles. The predicted molar refractivity (Wildman–Crippen MR) is 166 cm³/mol. The fraction of sp³-hybridized carbons (Fsp3) is 0.412. The number of hydrogen-bond acceptors (Lipinski definition) is 4. The topological polar surface area (TPSA) is 53.9 Å². The molecule has 0 bridgehead atoms. The largest absolute Gasteiger partial charge is 0.495 e. The molecular weight excluding hydrogens is 482 g/mol. The molecule has 1 amide bonds. The second-order valence-electron chi connectivity index (χ2n) is 9.73.